The monoisotopic (exact) mass is 329 g/mol. The predicted molar refractivity (Wildman–Crippen MR) is 96.2 cm³/mol. The number of aromatic nitrogens is 3. The quantitative estimate of drug-likeness (QED) is 0.589. The molecule has 0 aliphatic carbocycles. The van der Waals surface area contributed by atoms with Gasteiger partial charge in [0.05, 0.1) is 23.3 Å². The summed E-state index contributed by atoms with van der Waals surface area (Å²) in [4.78, 5) is 9.28. The molecular formula is C19H15N5O. The zero-order valence-corrected chi connectivity index (χ0v) is 13.6. The molecule has 0 aliphatic rings. The molecule has 0 unspecified atom stereocenters. The molecule has 25 heavy (non-hydrogen) atoms. The first-order chi connectivity index (χ1) is 12.1. The van der Waals surface area contributed by atoms with E-state index in [1.54, 1.807) is 4.57 Å². The van der Waals surface area contributed by atoms with Crippen LogP contribution in [0.5, 0.6) is 0 Å². The molecule has 6 heteroatoms. The van der Waals surface area contributed by atoms with Gasteiger partial charge < -0.3 is 10.8 Å². The Hall–Kier alpha value is -3.43. The number of nitrogens with zero attached hydrogens (tertiary/aromatic N) is 4. The number of aryl methyl sites for hydroxylation is 1. The van der Waals surface area contributed by atoms with Gasteiger partial charge in [-0.05, 0) is 36.2 Å². The number of benzene rings is 2. The second-order valence-electron chi connectivity index (χ2n) is 5.87. The summed E-state index contributed by atoms with van der Waals surface area (Å²) in [6, 6.07) is 15.3. The van der Waals surface area contributed by atoms with Crippen LogP contribution >= 0.6 is 0 Å². The largest absolute Gasteiger partial charge is 0.392 e. The van der Waals surface area contributed by atoms with Crippen molar-refractivity contribution in [3.63, 3.8) is 0 Å². The van der Waals surface area contributed by atoms with Gasteiger partial charge in [0.15, 0.2) is 5.65 Å². The summed E-state index contributed by atoms with van der Waals surface area (Å²) in [5, 5.41) is 19.0. The van der Waals surface area contributed by atoms with Gasteiger partial charge in [-0.1, -0.05) is 24.3 Å². The van der Waals surface area contributed by atoms with E-state index in [1.807, 2.05) is 49.4 Å². The number of hydrogen-bond donors (Lipinski definition) is 2. The third-order valence-corrected chi connectivity index (χ3v) is 4.31. The molecule has 0 spiro atoms. The molecule has 0 amide bonds. The molecule has 0 aliphatic heterocycles. The highest BCUT2D eigenvalue weighted by Gasteiger charge is 2.20. The number of nitriles is 1. The Morgan fingerprint density at radius 1 is 1.16 bits per heavy atom. The number of para-hydroxylation sites is 2. The van der Waals surface area contributed by atoms with Crippen LogP contribution in [0.2, 0.25) is 0 Å². The molecule has 4 aromatic rings. The smallest absolute Gasteiger partial charge is 0.167 e. The van der Waals surface area contributed by atoms with E-state index >= 15 is 0 Å². The van der Waals surface area contributed by atoms with E-state index < -0.39 is 0 Å². The molecule has 4 rings (SSSR count). The molecule has 3 N–H and O–H groups in total. The highest BCUT2D eigenvalue weighted by molar-refractivity contribution is 5.93. The summed E-state index contributed by atoms with van der Waals surface area (Å²) in [7, 11) is 0. The van der Waals surface area contributed by atoms with E-state index in [0.717, 1.165) is 22.3 Å². The van der Waals surface area contributed by atoms with Crippen molar-refractivity contribution in [1.82, 2.24) is 14.5 Å². The van der Waals surface area contributed by atoms with Gasteiger partial charge in [-0.25, -0.2) is 9.97 Å². The van der Waals surface area contributed by atoms with Crippen LogP contribution in [0.4, 0.5) is 5.82 Å². The number of aliphatic hydroxyl groups is 1. The van der Waals surface area contributed by atoms with Crippen molar-refractivity contribution in [1.29, 1.82) is 5.26 Å². The van der Waals surface area contributed by atoms with E-state index in [-0.39, 0.29) is 6.61 Å². The maximum Gasteiger partial charge on any atom is 0.167 e. The Kier molecular flexibility index (Phi) is 3.38. The summed E-state index contributed by atoms with van der Waals surface area (Å²) < 4.78 is 1.74. The van der Waals surface area contributed by atoms with Gasteiger partial charge in [-0.3, -0.25) is 4.57 Å². The van der Waals surface area contributed by atoms with Crippen molar-refractivity contribution in [2.75, 3.05) is 5.73 Å². The molecule has 0 saturated heterocycles. The Morgan fingerprint density at radius 2 is 1.88 bits per heavy atom. The van der Waals surface area contributed by atoms with Crippen LogP contribution in [0, 0.1) is 18.3 Å². The number of fused-ring (bicyclic) bond motifs is 2. The van der Waals surface area contributed by atoms with E-state index in [2.05, 4.69) is 16.0 Å². The summed E-state index contributed by atoms with van der Waals surface area (Å²) in [6.07, 6.45) is 0. The Bertz CT molecular complexity index is 1170. The van der Waals surface area contributed by atoms with Crippen LogP contribution in [-0.4, -0.2) is 19.6 Å². The van der Waals surface area contributed by atoms with Crippen molar-refractivity contribution in [3.05, 3.63) is 59.2 Å². The van der Waals surface area contributed by atoms with E-state index in [1.165, 1.54) is 0 Å². The zero-order valence-electron chi connectivity index (χ0n) is 13.6. The minimum Gasteiger partial charge on any atom is -0.392 e. The summed E-state index contributed by atoms with van der Waals surface area (Å²) in [6.45, 7) is 1.87. The standard InChI is InChI=1S/C19H15N5O/c1-11-6-7-12(10-25)8-16(11)24-18(21)13(9-20)17-19(24)23-15-5-3-2-4-14(15)22-17/h2-8,25H,10,21H2,1H3. The molecular weight excluding hydrogens is 314 g/mol. The molecule has 0 radical (unpaired) electrons. The first-order valence-electron chi connectivity index (χ1n) is 7.81. The lowest BCUT2D eigenvalue weighted by Crippen LogP contribution is -2.04. The van der Waals surface area contributed by atoms with Gasteiger partial charge in [0.1, 0.15) is 23.0 Å². The lowest BCUT2D eigenvalue weighted by atomic mass is 10.1. The van der Waals surface area contributed by atoms with Gasteiger partial charge in [-0.15, -0.1) is 0 Å². The Balaban J connectivity index is 2.16. The van der Waals surface area contributed by atoms with Crippen molar-refractivity contribution in [3.8, 4) is 11.8 Å². The molecule has 2 aromatic carbocycles. The molecule has 0 atom stereocenters. The first kappa shape index (κ1) is 15.1. The van der Waals surface area contributed by atoms with Crippen LogP contribution in [0.25, 0.3) is 27.9 Å². The lowest BCUT2D eigenvalue weighted by molar-refractivity contribution is 0.282. The molecule has 122 valence electrons. The second-order valence-corrected chi connectivity index (χ2v) is 5.87. The maximum absolute atomic E-state index is 9.57. The average molecular weight is 329 g/mol. The Morgan fingerprint density at radius 3 is 2.56 bits per heavy atom. The molecule has 2 aromatic heterocycles. The van der Waals surface area contributed by atoms with Gasteiger partial charge in [-0.2, -0.15) is 5.26 Å². The van der Waals surface area contributed by atoms with Crippen molar-refractivity contribution in [2.45, 2.75) is 13.5 Å². The maximum atomic E-state index is 9.57. The molecule has 2 heterocycles. The van der Waals surface area contributed by atoms with E-state index in [9.17, 15) is 10.4 Å². The Labute approximate surface area is 143 Å². The minimum absolute atomic E-state index is 0.0773. The SMILES string of the molecule is Cc1ccc(CO)cc1-n1c(N)c(C#N)c2nc3ccccc3nc21. The summed E-state index contributed by atoms with van der Waals surface area (Å²) in [5.74, 6) is 0.297. The van der Waals surface area contributed by atoms with Crippen molar-refractivity contribution in [2.24, 2.45) is 0 Å². The zero-order chi connectivity index (χ0) is 17.6. The van der Waals surface area contributed by atoms with Crippen LogP contribution < -0.4 is 5.73 Å². The van der Waals surface area contributed by atoms with E-state index in [4.69, 9.17) is 5.73 Å². The normalized spacial score (nSPS) is 11.1. The van der Waals surface area contributed by atoms with Crippen LogP contribution in [0.3, 0.4) is 0 Å². The second kappa shape index (κ2) is 5.58. The van der Waals surface area contributed by atoms with Crippen molar-refractivity contribution < 1.29 is 5.11 Å². The number of anilines is 1. The number of hydrogen-bond acceptors (Lipinski definition) is 5. The van der Waals surface area contributed by atoms with Gasteiger partial charge >= 0.3 is 0 Å². The van der Waals surface area contributed by atoms with Crippen LogP contribution in [-0.2, 0) is 6.61 Å². The number of nitrogen functional groups attached to an aromatic ring is 1. The van der Waals surface area contributed by atoms with Gasteiger partial charge in [0, 0.05) is 0 Å². The lowest BCUT2D eigenvalue weighted by Gasteiger charge is -2.12. The molecule has 0 fully saturated rings. The van der Waals surface area contributed by atoms with Gasteiger partial charge in [0.2, 0.25) is 0 Å². The summed E-state index contributed by atoms with van der Waals surface area (Å²) >= 11 is 0. The summed E-state index contributed by atoms with van der Waals surface area (Å²) in [5.41, 5.74) is 11.5. The third-order valence-electron chi connectivity index (χ3n) is 4.31. The fourth-order valence-electron chi connectivity index (χ4n) is 3.01. The average Bonchev–Trinajstić information content (AvgIpc) is 2.90. The highest BCUT2D eigenvalue weighted by Crippen LogP contribution is 2.31. The number of nitrogens with two attached hydrogens (primary N) is 1. The fraction of sp³-hybridized carbons (Fsp3) is 0.105. The van der Waals surface area contributed by atoms with Crippen LogP contribution in [0.1, 0.15) is 16.7 Å². The fourth-order valence-corrected chi connectivity index (χ4v) is 3.01. The number of aliphatic hydroxyl groups excluding tert-OH is 1. The molecule has 0 bridgehead atoms. The molecule has 6 nitrogen and oxygen atoms in total. The topological polar surface area (TPSA) is 101 Å². The minimum atomic E-state index is -0.0773. The van der Waals surface area contributed by atoms with Gasteiger partial charge in [0.25, 0.3) is 0 Å². The number of rotatable bonds is 2. The van der Waals surface area contributed by atoms with Crippen LogP contribution in [0.15, 0.2) is 42.5 Å². The highest BCUT2D eigenvalue weighted by atomic mass is 16.3. The predicted octanol–water partition coefficient (Wildman–Crippen LogP) is 2.83. The van der Waals surface area contributed by atoms with E-state index in [0.29, 0.717) is 28.1 Å². The third kappa shape index (κ3) is 2.22. The van der Waals surface area contributed by atoms with Crippen molar-refractivity contribution >= 4 is 28.0 Å². The first-order valence-corrected chi connectivity index (χ1v) is 7.81. The molecule has 0 saturated carbocycles.